The number of amides is 3. The fourth-order valence-corrected chi connectivity index (χ4v) is 2.79. The van der Waals surface area contributed by atoms with Crippen molar-refractivity contribution in [2.75, 3.05) is 5.32 Å². The van der Waals surface area contributed by atoms with Gasteiger partial charge in [-0.15, -0.1) is 11.3 Å². The molecule has 0 aliphatic heterocycles. The number of carbonyl (C=O) groups is 2. The molecular formula is C17H19N3O2S. The summed E-state index contributed by atoms with van der Waals surface area (Å²) in [6.07, 6.45) is 2.10. The van der Waals surface area contributed by atoms with E-state index in [0.29, 0.717) is 23.8 Å². The van der Waals surface area contributed by atoms with Gasteiger partial charge in [-0.1, -0.05) is 12.1 Å². The molecule has 1 heterocycles. The second kappa shape index (κ2) is 6.83. The molecule has 0 bridgehead atoms. The van der Waals surface area contributed by atoms with Gasteiger partial charge < -0.3 is 16.0 Å². The van der Waals surface area contributed by atoms with E-state index in [0.717, 1.165) is 23.3 Å². The molecule has 1 saturated carbocycles. The van der Waals surface area contributed by atoms with Gasteiger partial charge in [-0.3, -0.25) is 4.79 Å². The minimum atomic E-state index is -0.277. The van der Waals surface area contributed by atoms with Crippen molar-refractivity contribution in [1.29, 1.82) is 0 Å². The zero-order valence-corrected chi connectivity index (χ0v) is 13.7. The highest BCUT2D eigenvalue weighted by Gasteiger charge is 2.24. The number of aryl methyl sites for hydroxylation is 1. The van der Waals surface area contributed by atoms with E-state index in [1.165, 1.54) is 0 Å². The molecule has 6 heteroatoms. The van der Waals surface area contributed by atoms with Crippen LogP contribution >= 0.6 is 11.3 Å². The van der Waals surface area contributed by atoms with Crippen molar-refractivity contribution in [1.82, 2.24) is 10.6 Å². The molecule has 23 heavy (non-hydrogen) atoms. The van der Waals surface area contributed by atoms with Crippen molar-refractivity contribution < 1.29 is 9.59 Å². The number of carbonyl (C=O) groups excluding carboxylic acids is 2. The van der Waals surface area contributed by atoms with Crippen LogP contribution in [0.2, 0.25) is 0 Å². The van der Waals surface area contributed by atoms with Crippen LogP contribution in [0.5, 0.6) is 0 Å². The van der Waals surface area contributed by atoms with Gasteiger partial charge in [0.2, 0.25) is 0 Å². The summed E-state index contributed by atoms with van der Waals surface area (Å²) in [4.78, 5) is 25.2. The van der Waals surface area contributed by atoms with Gasteiger partial charge in [-0.2, -0.15) is 0 Å². The fraction of sp³-hybridized carbons (Fsp3) is 0.294. The Bertz CT molecular complexity index is 709. The molecule has 1 aliphatic rings. The number of hydrogen-bond acceptors (Lipinski definition) is 3. The highest BCUT2D eigenvalue weighted by atomic mass is 32.1. The van der Waals surface area contributed by atoms with Gasteiger partial charge in [0.15, 0.2) is 0 Å². The molecule has 3 N–H and O–H groups in total. The maximum absolute atomic E-state index is 12.1. The summed E-state index contributed by atoms with van der Waals surface area (Å²) < 4.78 is 0. The Morgan fingerprint density at radius 2 is 2.09 bits per heavy atom. The minimum Gasteiger partial charge on any atom is -0.349 e. The predicted octanol–water partition coefficient (Wildman–Crippen LogP) is 3.27. The highest BCUT2D eigenvalue weighted by Crippen LogP contribution is 2.21. The fourth-order valence-electron chi connectivity index (χ4n) is 2.14. The zero-order chi connectivity index (χ0) is 16.2. The van der Waals surface area contributed by atoms with Crippen LogP contribution in [0.3, 0.4) is 0 Å². The largest absolute Gasteiger partial charge is 0.349 e. The minimum absolute atomic E-state index is 0.0884. The molecule has 0 spiro atoms. The topological polar surface area (TPSA) is 70.2 Å². The molecule has 1 aromatic heterocycles. The lowest BCUT2D eigenvalue weighted by Gasteiger charge is -2.11. The summed E-state index contributed by atoms with van der Waals surface area (Å²) in [6, 6.07) is 9.30. The second-order valence-electron chi connectivity index (χ2n) is 5.66. The van der Waals surface area contributed by atoms with Crippen molar-refractivity contribution in [2.24, 2.45) is 0 Å². The number of nitrogens with one attached hydrogen (secondary N) is 3. The Hall–Kier alpha value is -2.34. The number of hydrogen-bond donors (Lipinski definition) is 3. The number of anilines is 1. The first-order chi connectivity index (χ1) is 11.1. The molecule has 0 radical (unpaired) electrons. The average Bonchev–Trinajstić information content (AvgIpc) is 3.19. The predicted molar refractivity (Wildman–Crippen MR) is 91.8 cm³/mol. The van der Waals surface area contributed by atoms with E-state index in [-0.39, 0.29) is 11.9 Å². The van der Waals surface area contributed by atoms with Crippen LogP contribution < -0.4 is 16.0 Å². The zero-order valence-electron chi connectivity index (χ0n) is 12.9. The van der Waals surface area contributed by atoms with Gasteiger partial charge >= 0.3 is 6.03 Å². The molecule has 1 fully saturated rings. The third-order valence-corrected chi connectivity index (χ3v) is 4.54. The smallest absolute Gasteiger partial charge is 0.319 e. The Labute approximate surface area is 139 Å². The molecular weight excluding hydrogens is 310 g/mol. The van der Waals surface area contributed by atoms with Crippen molar-refractivity contribution in [2.45, 2.75) is 32.4 Å². The Balaban J connectivity index is 1.61. The van der Waals surface area contributed by atoms with Crippen LogP contribution in [0.4, 0.5) is 10.5 Å². The molecule has 2 aromatic rings. The first-order valence-electron chi connectivity index (χ1n) is 7.60. The van der Waals surface area contributed by atoms with E-state index >= 15 is 0 Å². The van der Waals surface area contributed by atoms with Crippen LogP contribution in [-0.2, 0) is 6.54 Å². The number of benzene rings is 1. The summed E-state index contributed by atoms with van der Waals surface area (Å²) in [5, 5.41) is 10.5. The average molecular weight is 329 g/mol. The van der Waals surface area contributed by atoms with Crippen molar-refractivity contribution in [3.05, 3.63) is 51.7 Å². The lowest BCUT2D eigenvalue weighted by molar-refractivity contribution is 0.0951. The van der Waals surface area contributed by atoms with E-state index < -0.39 is 0 Å². The Morgan fingerprint density at radius 1 is 1.26 bits per heavy atom. The van der Waals surface area contributed by atoms with Crippen LogP contribution in [0.25, 0.3) is 0 Å². The first kappa shape index (κ1) is 15.6. The van der Waals surface area contributed by atoms with Gasteiger partial charge in [0.05, 0.1) is 6.54 Å². The van der Waals surface area contributed by atoms with Gasteiger partial charge in [0.25, 0.3) is 5.91 Å². The standard InChI is InChI=1S/C17H19N3O2S/c1-11-4-5-12(16(21)19-13-6-7-13)9-15(11)20-17(22)18-10-14-3-2-8-23-14/h2-5,8-9,13H,6-7,10H2,1H3,(H,19,21)(H2,18,20,22). The molecule has 0 saturated heterocycles. The van der Waals surface area contributed by atoms with Gasteiger partial charge in [0.1, 0.15) is 0 Å². The molecule has 5 nitrogen and oxygen atoms in total. The van der Waals surface area contributed by atoms with E-state index in [9.17, 15) is 9.59 Å². The molecule has 3 rings (SSSR count). The van der Waals surface area contributed by atoms with Gasteiger partial charge in [0, 0.05) is 22.2 Å². The monoisotopic (exact) mass is 329 g/mol. The van der Waals surface area contributed by atoms with E-state index in [1.807, 2.05) is 30.5 Å². The van der Waals surface area contributed by atoms with E-state index in [4.69, 9.17) is 0 Å². The van der Waals surface area contributed by atoms with Crippen molar-refractivity contribution in [3.8, 4) is 0 Å². The van der Waals surface area contributed by atoms with Gasteiger partial charge in [-0.25, -0.2) is 4.79 Å². The maximum atomic E-state index is 12.1. The third kappa shape index (κ3) is 4.32. The van der Waals surface area contributed by atoms with Crippen molar-refractivity contribution in [3.63, 3.8) is 0 Å². The molecule has 1 aromatic carbocycles. The SMILES string of the molecule is Cc1ccc(C(=O)NC2CC2)cc1NC(=O)NCc1cccs1. The van der Waals surface area contributed by atoms with E-state index in [2.05, 4.69) is 16.0 Å². The van der Waals surface area contributed by atoms with Crippen LogP contribution in [-0.4, -0.2) is 18.0 Å². The van der Waals surface area contributed by atoms with Crippen molar-refractivity contribution >= 4 is 29.0 Å². The number of rotatable bonds is 5. The normalized spacial score (nSPS) is 13.4. The van der Waals surface area contributed by atoms with E-state index in [1.54, 1.807) is 23.5 Å². The Morgan fingerprint density at radius 3 is 2.78 bits per heavy atom. The Kier molecular flexibility index (Phi) is 4.62. The quantitative estimate of drug-likeness (QED) is 0.788. The molecule has 0 unspecified atom stereocenters. The maximum Gasteiger partial charge on any atom is 0.319 e. The molecule has 120 valence electrons. The molecule has 0 atom stereocenters. The number of thiophene rings is 1. The lowest BCUT2D eigenvalue weighted by Crippen LogP contribution is -2.29. The molecule has 1 aliphatic carbocycles. The van der Waals surface area contributed by atoms with Crippen LogP contribution in [0.1, 0.15) is 33.6 Å². The lowest BCUT2D eigenvalue weighted by atomic mass is 10.1. The summed E-state index contributed by atoms with van der Waals surface area (Å²) in [7, 11) is 0. The summed E-state index contributed by atoms with van der Waals surface area (Å²) in [6.45, 7) is 2.39. The summed E-state index contributed by atoms with van der Waals surface area (Å²) in [5.74, 6) is -0.0884. The number of urea groups is 1. The summed E-state index contributed by atoms with van der Waals surface area (Å²) >= 11 is 1.60. The summed E-state index contributed by atoms with van der Waals surface area (Å²) in [5.41, 5.74) is 2.13. The molecule has 3 amide bonds. The third-order valence-electron chi connectivity index (χ3n) is 3.66. The second-order valence-corrected chi connectivity index (χ2v) is 6.70. The van der Waals surface area contributed by atoms with Crippen LogP contribution in [0, 0.1) is 6.92 Å². The van der Waals surface area contributed by atoms with Gasteiger partial charge in [-0.05, 0) is 48.9 Å². The first-order valence-corrected chi connectivity index (χ1v) is 8.48. The highest BCUT2D eigenvalue weighted by molar-refractivity contribution is 7.09. The van der Waals surface area contributed by atoms with Crippen LogP contribution in [0.15, 0.2) is 35.7 Å².